The van der Waals surface area contributed by atoms with Gasteiger partial charge in [-0.2, -0.15) is 0 Å². The average Bonchev–Trinajstić information content (AvgIpc) is 3.55. The van der Waals surface area contributed by atoms with Gasteiger partial charge in [-0.1, -0.05) is 43.2 Å². The standard InChI is InChI=1S/C24H27N3O3/c28-22(26-16-5-1-2-6-16)20-19-9-11-24(30-19)14-27(23(29)21(20)24)12-10-15-13-25-18-8-4-3-7-17(15)18/h3-4,7-9,11,13,16,19-21,25H,1-2,5-6,10,12,14H2,(H,26,28)/t19-,20-,21-,24+/m0/s1. The first-order valence-corrected chi connectivity index (χ1v) is 11.2. The van der Waals surface area contributed by atoms with Crippen LogP contribution in [0.15, 0.2) is 42.6 Å². The van der Waals surface area contributed by atoms with E-state index in [2.05, 4.69) is 22.4 Å². The zero-order chi connectivity index (χ0) is 20.3. The molecule has 6 nitrogen and oxygen atoms in total. The lowest BCUT2D eigenvalue weighted by Gasteiger charge is -2.25. The van der Waals surface area contributed by atoms with Crippen LogP contribution in [0.1, 0.15) is 31.2 Å². The SMILES string of the molecule is O=C(NC1CCCC1)[C@H]1[C@@H]2C=C[C@]3(CN(CCc4c[nH]c5ccccc45)C(=O)[C@H]13)O2. The van der Waals surface area contributed by atoms with Crippen molar-refractivity contribution >= 4 is 22.7 Å². The van der Waals surface area contributed by atoms with Crippen LogP contribution in [-0.4, -0.2) is 52.5 Å². The van der Waals surface area contributed by atoms with Gasteiger partial charge in [0.2, 0.25) is 11.8 Å². The number of para-hydroxylation sites is 1. The van der Waals surface area contributed by atoms with Gasteiger partial charge in [-0.3, -0.25) is 9.59 Å². The highest BCUT2D eigenvalue weighted by molar-refractivity contribution is 5.93. The number of nitrogens with zero attached hydrogens (tertiary/aromatic N) is 1. The molecule has 4 atom stereocenters. The predicted molar refractivity (Wildman–Crippen MR) is 113 cm³/mol. The van der Waals surface area contributed by atoms with E-state index in [1.165, 1.54) is 23.8 Å². The fraction of sp³-hybridized carbons (Fsp3) is 0.500. The summed E-state index contributed by atoms with van der Waals surface area (Å²) in [7, 11) is 0. The fourth-order valence-electron chi connectivity index (χ4n) is 6.03. The van der Waals surface area contributed by atoms with Crippen LogP contribution in [0, 0.1) is 11.8 Å². The second-order valence-corrected chi connectivity index (χ2v) is 9.26. The summed E-state index contributed by atoms with van der Waals surface area (Å²) in [5.41, 5.74) is 1.70. The lowest BCUT2D eigenvalue weighted by molar-refractivity contribution is -0.137. The third-order valence-electron chi connectivity index (χ3n) is 7.51. The molecule has 0 radical (unpaired) electrons. The molecule has 1 aromatic carbocycles. The molecule has 156 valence electrons. The van der Waals surface area contributed by atoms with Gasteiger partial charge in [0.05, 0.1) is 24.5 Å². The summed E-state index contributed by atoms with van der Waals surface area (Å²) < 4.78 is 6.25. The molecule has 2 N–H and O–H groups in total. The number of hydrogen-bond donors (Lipinski definition) is 2. The van der Waals surface area contributed by atoms with E-state index in [0.717, 1.165) is 24.8 Å². The number of benzene rings is 1. The van der Waals surface area contributed by atoms with E-state index in [0.29, 0.717) is 13.1 Å². The molecule has 6 rings (SSSR count). The van der Waals surface area contributed by atoms with Gasteiger partial charge in [-0.15, -0.1) is 0 Å². The Bertz CT molecular complexity index is 1040. The highest BCUT2D eigenvalue weighted by Crippen LogP contribution is 2.52. The van der Waals surface area contributed by atoms with Crippen LogP contribution in [0.5, 0.6) is 0 Å². The number of carbonyl (C=O) groups is 2. The minimum absolute atomic E-state index is 0.00467. The number of rotatable bonds is 5. The molecule has 1 spiro atoms. The number of ether oxygens (including phenoxy) is 1. The summed E-state index contributed by atoms with van der Waals surface area (Å²) in [5.74, 6) is -0.735. The maximum atomic E-state index is 13.4. The molecular weight excluding hydrogens is 378 g/mol. The van der Waals surface area contributed by atoms with Crippen LogP contribution in [0.25, 0.3) is 10.9 Å². The number of fused-ring (bicyclic) bond motifs is 2. The molecule has 4 heterocycles. The topological polar surface area (TPSA) is 74.4 Å². The Kier molecular flexibility index (Phi) is 4.07. The lowest BCUT2D eigenvalue weighted by Crippen LogP contribution is -2.46. The number of likely N-dealkylation sites (tertiary alicyclic amines) is 1. The molecule has 1 aliphatic carbocycles. The van der Waals surface area contributed by atoms with Gasteiger partial charge in [-0.05, 0) is 30.9 Å². The molecule has 2 amide bonds. The second-order valence-electron chi connectivity index (χ2n) is 9.26. The number of amides is 2. The van der Waals surface area contributed by atoms with Crippen molar-refractivity contribution in [1.82, 2.24) is 15.2 Å². The van der Waals surface area contributed by atoms with E-state index in [4.69, 9.17) is 4.74 Å². The molecule has 1 saturated carbocycles. The van der Waals surface area contributed by atoms with Crippen molar-refractivity contribution in [3.63, 3.8) is 0 Å². The summed E-state index contributed by atoms with van der Waals surface area (Å²) in [5, 5.41) is 4.40. The van der Waals surface area contributed by atoms with Crippen molar-refractivity contribution in [3.05, 3.63) is 48.2 Å². The van der Waals surface area contributed by atoms with E-state index in [-0.39, 0.29) is 24.0 Å². The maximum Gasteiger partial charge on any atom is 0.230 e. The van der Waals surface area contributed by atoms with E-state index in [1.807, 2.05) is 35.4 Å². The molecule has 3 aliphatic heterocycles. The lowest BCUT2D eigenvalue weighted by atomic mass is 9.76. The van der Waals surface area contributed by atoms with Crippen molar-refractivity contribution in [2.24, 2.45) is 11.8 Å². The molecule has 3 fully saturated rings. The van der Waals surface area contributed by atoms with Gasteiger partial charge in [-0.25, -0.2) is 0 Å². The van der Waals surface area contributed by atoms with E-state index < -0.39 is 17.4 Å². The molecule has 2 aromatic rings. The Balaban J connectivity index is 1.19. The fourth-order valence-corrected chi connectivity index (χ4v) is 6.03. The van der Waals surface area contributed by atoms with Crippen molar-refractivity contribution < 1.29 is 14.3 Å². The Hall–Kier alpha value is -2.60. The molecule has 30 heavy (non-hydrogen) atoms. The Labute approximate surface area is 175 Å². The van der Waals surface area contributed by atoms with Gasteiger partial charge in [0.15, 0.2) is 0 Å². The van der Waals surface area contributed by atoms with Crippen molar-refractivity contribution in [1.29, 1.82) is 0 Å². The van der Waals surface area contributed by atoms with Gasteiger partial charge in [0.1, 0.15) is 5.60 Å². The number of nitrogens with one attached hydrogen (secondary N) is 2. The number of hydrogen-bond acceptors (Lipinski definition) is 3. The maximum absolute atomic E-state index is 13.4. The first-order valence-electron chi connectivity index (χ1n) is 11.2. The molecule has 1 aromatic heterocycles. The number of carbonyl (C=O) groups excluding carboxylic acids is 2. The summed E-state index contributed by atoms with van der Waals surface area (Å²) in [4.78, 5) is 31.6. The van der Waals surface area contributed by atoms with Crippen LogP contribution >= 0.6 is 0 Å². The zero-order valence-corrected chi connectivity index (χ0v) is 17.0. The normalized spacial score (nSPS) is 32.5. The van der Waals surface area contributed by atoms with Gasteiger partial charge in [0.25, 0.3) is 0 Å². The van der Waals surface area contributed by atoms with Gasteiger partial charge < -0.3 is 19.9 Å². The summed E-state index contributed by atoms with van der Waals surface area (Å²) >= 11 is 0. The highest BCUT2D eigenvalue weighted by atomic mass is 16.5. The summed E-state index contributed by atoms with van der Waals surface area (Å²) in [6.07, 6.45) is 11.0. The Morgan fingerprint density at radius 1 is 1.27 bits per heavy atom. The first kappa shape index (κ1) is 18.2. The van der Waals surface area contributed by atoms with Crippen LogP contribution in [0.4, 0.5) is 0 Å². The largest absolute Gasteiger partial charge is 0.361 e. The third-order valence-corrected chi connectivity index (χ3v) is 7.51. The number of H-pyrrole nitrogens is 1. The second kappa shape index (κ2) is 6.71. The summed E-state index contributed by atoms with van der Waals surface area (Å²) in [6, 6.07) is 8.48. The molecule has 2 bridgehead atoms. The molecule has 6 heteroatoms. The van der Waals surface area contributed by atoms with Crippen LogP contribution in [0.3, 0.4) is 0 Å². The van der Waals surface area contributed by atoms with Crippen LogP contribution in [-0.2, 0) is 20.7 Å². The van der Waals surface area contributed by atoms with E-state index in [1.54, 1.807) is 0 Å². The number of aromatic amines is 1. The van der Waals surface area contributed by atoms with Crippen molar-refractivity contribution in [2.45, 2.75) is 49.9 Å². The third kappa shape index (κ3) is 2.66. The Morgan fingerprint density at radius 3 is 2.97 bits per heavy atom. The number of aromatic nitrogens is 1. The highest BCUT2D eigenvalue weighted by Gasteiger charge is 2.66. The van der Waals surface area contributed by atoms with E-state index >= 15 is 0 Å². The van der Waals surface area contributed by atoms with Gasteiger partial charge >= 0.3 is 0 Å². The summed E-state index contributed by atoms with van der Waals surface area (Å²) in [6.45, 7) is 1.18. The quantitative estimate of drug-likeness (QED) is 0.751. The van der Waals surface area contributed by atoms with Crippen LogP contribution in [0.2, 0.25) is 0 Å². The van der Waals surface area contributed by atoms with E-state index in [9.17, 15) is 9.59 Å². The minimum atomic E-state index is -0.625. The molecular formula is C24H27N3O3. The first-order chi connectivity index (χ1) is 14.6. The molecule has 2 saturated heterocycles. The Morgan fingerprint density at radius 2 is 2.10 bits per heavy atom. The monoisotopic (exact) mass is 405 g/mol. The molecule has 0 unspecified atom stereocenters. The average molecular weight is 405 g/mol. The smallest absolute Gasteiger partial charge is 0.230 e. The van der Waals surface area contributed by atoms with Crippen molar-refractivity contribution in [2.75, 3.05) is 13.1 Å². The predicted octanol–water partition coefficient (Wildman–Crippen LogP) is 2.55. The van der Waals surface area contributed by atoms with Crippen LogP contribution < -0.4 is 5.32 Å². The van der Waals surface area contributed by atoms with Gasteiger partial charge in [0, 0.05) is 29.7 Å². The molecule has 4 aliphatic rings. The zero-order valence-electron chi connectivity index (χ0n) is 17.0. The minimum Gasteiger partial charge on any atom is -0.361 e. The van der Waals surface area contributed by atoms with Crippen molar-refractivity contribution in [3.8, 4) is 0 Å².